The molecule has 0 bridgehead atoms. The number of rotatable bonds is 9. The Morgan fingerprint density at radius 2 is 2.17 bits per heavy atom. The van der Waals surface area contributed by atoms with Crippen LogP contribution < -0.4 is 10.2 Å². The summed E-state index contributed by atoms with van der Waals surface area (Å²) in [6, 6.07) is 6.76. The Kier molecular flexibility index (Phi) is 7.37. The van der Waals surface area contributed by atoms with Crippen LogP contribution in [-0.2, 0) is 4.74 Å². The van der Waals surface area contributed by atoms with E-state index in [0.717, 1.165) is 44.9 Å². The van der Waals surface area contributed by atoms with Crippen molar-refractivity contribution in [2.24, 2.45) is 0 Å². The highest BCUT2D eigenvalue weighted by molar-refractivity contribution is 5.46. The van der Waals surface area contributed by atoms with Crippen LogP contribution in [0.4, 0.5) is 10.1 Å². The van der Waals surface area contributed by atoms with Crippen LogP contribution >= 0.6 is 0 Å². The Morgan fingerprint density at radius 1 is 1.33 bits per heavy atom. The van der Waals surface area contributed by atoms with Crippen molar-refractivity contribution >= 4 is 5.69 Å². The molecule has 0 saturated carbocycles. The molecule has 0 heterocycles. The molecule has 1 aromatic carbocycles. The molecule has 0 atom stereocenters. The van der Waals surface area contributed by atoms with E-state index in [9.17, 15) is 4.39 Å². The average molecular weight is 254 g/mol. The average Bonchev–Trinajstić information content (AvgIpc) is 2.38. The number of halogens is 1. The monoisotopic (exact) mass is 254 g/mol. The van der Waals surface area contributed by atoms with Gasteiger partial charge in [0.25, 0.3) is 0 Å². The van der Waals surface area contributed by atoms with Gasteiger partial charge in [0, 0.05) is 32.4 Å². The molecule has 0 fully saturated rings. The van der Waals surface area contributed by atoms with Gasteiger partial charge in [0.2, 0.25) is 0 Å². The maximum absolute atomic E-state index is 13.1. The quantitative estimate of drug-likeness (QED) is 0.684. The first-order chi connectivity index (χ1) is 8.77. The zero-order chi connectivity index (χ0) is 13.2. The zero-order valence-electron chi connectivity index (χ0n) is 11.3. The molecule has 0 spiro atoms. The minimum atomic E-state index is -0.177. The normalized spacial score (nSPS) is 10.6. The Labute approximate surface area is 109 Å². The Bertz CT molecular complexity index is 333. The number of nitrogens with one attached hydrogen (secondary N) is 1. The lowest BCUT2D eigenvalue weighted by atomic mass is 10.2. The fraction of sp³-hybridized carbons (Fsp3) is 0.571. The minimum absolute atomic E-state index is 0.177. The smallest absolute Gasteiger partial charge is 0.125 e. The second kappa shape index (κ2) is 8.89. The summed E-state index contributed by atoms with van der Waals surface area (Å²) in [5, 5.41) is 3.30. The van der Waals surface area contributed by atoms with E-state index < -0.39 is 0 Å². The number of hydrogen-bond acceptors (Lipinski definition) is 3. The van der Waals surface area contributed by atoms with Crippen LogP contribution in [0.3, 0.4) is 0 Å². The molecular weight excluding hydrogens is 231 g/mol. The van der Waals surface area contributed by atoms with Gasteiger partial charge in [0.15, 0.2) is 0 Å². The van der Waals surface area contributed by atoms with Gasteiger partial charge in [-0.25, -0.2) is 4.39 Å². The van der Waals surface area contributed by atoms with Gasteiger partial charge in [0.1, 0.15) is 5.82 Å². The SMILES string of the molecule is CCN(CCCNCCOC)c1cccc(F)c1. The molecule has 1 aromatic rings. The van der Waals surface area contributed by atoms with Crippen molar-refractivity contribution in [2.75, 3.05) is 44.8 Å². The molecule has 0 aliphatic heterocycles. The Balaban J connectivity index is 2.29. The van der Waals surface area contributed by atoms with Crippen LogP contribution in [0.1, 0.15) is 13.3 Å². The highest BCUT2D eigenvalue weighted by Crippen LogP contribution is 2.15. The lowest BCUT2D eigenvalue weighted by Gasteiger charge is -2.23. The maximum atomic E-state index is 13.1. The lowest BCUT2D eigenvalue weighted by Crippen LogP contribution is -2.28. The highest BCUT2D eigenvalue weighted by atomic mass is 19.1. The second-order valence-electron chi connectivity index (χ2n) is 4.16. The van der Waals surface area contributed by atoms with Gasteiger partial charge < -0.3 is 15.0 Å². The Hall–Kier alpha value is -1.13. The molecule has 18 heavy (non-hydrogen) atoms. The van der Waals surface area contributed by atoms with E-state index in [0.29, 0.717) is 0 Å². The van der Waals surface area contributed by atoms with Gasteiger partial charge in [-0.15, -0.1) is 0 Å². The largest absolute Gasteiger partial charge is 0.383 e. The number of methoxy groups -OCH3 is 1. The molecule has 1 N–H and O–H groups in total. The summed E-state index contributed by atoms with van der Waals surface area (Å²) in [5.41, 5.74) is 0.953. The van der Waals surface area contributed by atoms with Gasteiger partial charge in [-0.1, -0.05) is 6.07 Å². The fourth-order valence-electron chi connectivity index (χ4n) is 1.84. The summed E-state index contributed by atoms with van der Waals surface area (Å²) >= 11 is 0. The topological polar surface area (TPSA) is 24.5 Å². The third kappa shape index (κ3) is 5.47. The summed E-state index contributed by atoms with van der Waals surface area (Å²) in [5.74, 6) is -0.177. The van der Waals surface area contributed by atoms with Crippen LogP contribution in [0.5, 0.6) is 0 Å². The van der Waals surface area contributed by atoms with Crippen molar-refractivity contribution in [3.05, 3.63) is 30.1 Å². The maximum Gasteiger partial charge on any atom is 0.125 e. The van der Waals surface area contributed by atoms with E-state index >= 15 is 0 Å². The fourth-order valence-corrected chi connectivity index (χ4v) is 1.84. The van der Waals surface area contributed by atoms with E-state index in [2.05, 4.69) is 17.1 Å². The van der Waals surface area contributed by atoms with Crippen molar-refractivity contribution in [1.82, 2.24) is 5.32 Å². The molecule has 102 valence electrons. The van der Waals surface area contributed by atoms with Crippen LogP contribution in [-0.4, -0.2) is 39.9 Å². The van der Waals surface area contributed by atoms with Gasteiger partial charge in [0.05, 0.1) is 6.61 Å². The number of anilines is 1. The predicted octanol–water partition coefficient (Wildman–Crippen LogP) is 2.28. The van der Waals surface area contributed by atoms with Gasteiger partial charge >= 0.3 is 0 Å². The zero-order valence-corrected chi connectivity index (χ0v) is 11.3. The van der Waals surface area contributed by atoms with Crippen molar-refractivity contribution < 1.29 is 9.13 Å². The molecular formula is C14H23FN2O. The molecule has 0 aliphatic carbocycles. The summed E-state index contributed by atoms with van der Waals surface area (Å²) in [6.45, 7) is 6.48. The van der Waals surface area contributed by atoms with Gasteiger partial charge in [-0.3, -0.25) is 0 Å². The van der Waals surface area contributed by atoms with Crippen LogP contribution in [0, 0.1) is 5.82 Å². The molecule has 0 saturated heterocycles. The van der Waals surface area contributed by atoms with Crippen LogP contribution in [0.25, 0.3) is 0 Å². The van der Waals surface area contributed by atoms with E-state index in [1.165, 1.54) is 6.07 Å². The van der Waals surface area contributed by atoms with E-state index in [1.54, 1.807) is 19.2 Å². The van der Waals surface area contributed by atoms with E-state index in [1.807, 2.05) is 6.07 Å². The van der Waals surface area contributed by atoms with E-state index in [-0.39, 0.29) is 5.82 Å². The predicted molar refractivity (Wildman–Crippen MR) is 73.6 cm³/mol. The molecule has 4 heteroatoms. The van der Waals surface area contributed by atoms with Gasteiger partial charge in [-0.2, -0.15) is 0 Å². The van der Waals surface area contributed by atoms with Crippen molar-refractivity contribution in [3.8, 4) is 0 Å². The van der Waals surface area contributed by atoms with Crippen LogP contribution in [0.15, 0.2) is 24.3 Å². The van der Waals surface area contributed by atoms with E-state index in [4.69, 9.17) is 4.74 Å². The molecule has 0 radical (unpaired) electrons. The van der Waals surface area contributed by atoms with Crippen molar-refractivity contribution in [1.29, 1.82) is 0 Å². The first-order valence-corrected chi connectivity index (χ1v) is 6.48. The van der Waals surface area contributed by atoms with Crippen LogP contribution in [0.2, 0.25) is 0 Å². The molecule has 0 unspecified atom stereocenters. The summed E-state index contributed by atoms with van der Waals surface area (Å²) in [4.78, 5) is 2.18. The first-order valence-electron chi connectivity index (χ1n) is 6.48. The molecule has 1 rings (SSSR count). The Morgan fingerprint density at radius 3 is 2.83 bits per heavy atom. The number of nitrogens with zero attached hydrogens (tertiary/aromatic N) is 1. The summed E-state index contributed by atoms with van der Waals surface area (Å²) < 4.78 is 18.1. The van der Waals surface area contributed by atoms with Crippen molar-refractivity contribution in [3.63, 3.8) is 0 Å². The molecule has 0 aromatic heterocycles. The molecule has 0 amide bonds. The third-order valence-corrected chi connectivity index (χ3v) is 2.82. The third-order valence-electron chi connectivity index (χ3n) is 2.82. The van der Waals surface area contributed by atoms with Gasteiger partial charge in [-0.05, 0) is 38.1 Å². The number of benzene rings is 1. The molecule has 0 aliphatic rings. The second-order valence-corrected chi connectivity index (χ2v) is 4.16. The highest BCUT2D eigenvalue weighted by Gasteiger charge is 2.04. The summed E-state index contributed by atoms with van der Waals surface area (Å²) in [6.07, 6.45) is 1.04. The number of ether oxygens (including phenoxy) is 1. The first kappa shape index (κ1) is 14.9. The standard InChI is InChI=1S/C14H23FN2O/c1-3-17(10-5-8-16-9-11-18-2)14-7-4-6-13(15)12-14/h4,6-7,12,16H,3,5,8-11H2,1-2H3. The summed E-state index contributed by atoms with van der Waals surface area (Å²) in [7, 11) is 1.70. The lowest BCUT2D eigenvalue weighted by molar-refractivity contribution is 0.199. The van der Waals surface area contributed by atoms with Crippen molar-refractivity contribution in [2.45, 2.75) is 13.3 Å². The minimum Gasteiger partial charge on any atom is -0.383 e. The molecule has 3 nitrogen and oxygen atoms in total. The number of hydrogen-bond donors (Lipinski definition) is 1.